The predicted molar refractivity (Wildman–Crippen MR) is 114 cm³/mol. The fraction of sp³-hybridized carbons (Fsp3) is 0.611. The first kappa shape index (κ1) is 20.5. The van der Waals surface area contributed by atoms with Crippen LogP contribution in [0.15, 0.2) is 29.3 Å². The highest BCUT2D eigenvalue weighted by Gasteiger charge is 2.41. The summed E-state index contributed by atoms with van der Waals surface area (Å²) in [6.07, 6.45) is 1.08. The lowest BCUT2D eigenvalue weighted by Gasteiger charge is -2.39. The molecule has 0 saturated carbocycles. The summed E-state index contributed by atoms with van der Waals surface area (Å²) in [6, 6.07) is 8.53. The summed E-state index contributed by atoms with van der Waals surface area (Å²) < 4.78 is 23.7. The highest BCUT2D eigenvalue weighted by atomic mass is 127. The Hall–Kier alpha value is -0.830. The molecule has 1 N–H and O–H groups in total. The van der Waals surface area contributed by atoms with Gasteiger partial charge in [-0.2, -0.15) is 0 Å². The van der Waals surface area contributed by atoms with Crippen LogP contribution < -0.4 is 5.32 Å². The van der Waals surface area contributed by atoms with Crippen LogP contribution in [0, 0.1) is 0 Å². The molecule has 1 unspecified atom stereocenters. The maximum absolute atomic E-state index is 12.2. The van der Waals surface area contributed by atoms with Crippen molar-refractivity contribution < 1.29 is 8.42 Å². The van der Waals surface area contributed by atoms with Gasteiger partial charge in [0.15, 0.2) is 15.8 Å². The van der Waals surface area contributed by atoms with Crippen LogP contribution in [-0.4, -0.2) is 56.0 Å². The van der Waals surface area contributed by atoms with Crippen molar-refractivity contribution in [2.45, 2.75) is 37.9 Å². The molecule has 25 heavy (non-hydrogen) atoms. The molecule has 1 aromatic carbocycles. The quantitative estimate of drug-likeness (QED) is 0.413. The topological polar surface area (TPSA) is 61.8 Å². The van der Waals surface area contributed by atoms with E-state index in [9.17, 15) is 8.42 Å². The van der Waals surface area contributed by atoms with Crippen molar-refractivity contribution in [1.29, 1.82) is 0 Å². The van der Waals surface area contributed by atoms with Gasteiger partial charge in [-0.05, 0) is 38.3 Å². The zero-order chi connectivity index (χ0) is 17.4. The standard InChI is InChI=1S/C18H27N3O2S.HI/c1-4-19-17(21-9-10-24(22,23)18(2,3)13-21)20-12-15-11-14-7-5-6-8-16(14)15;/h5-8,15H,4,9-13H2,1-3H3,(H,19,20);1H. The van der Waals surface area contributed by atoms with Gasteiger partial charge in [0.1, 0.15) is 0 Å². The van der Waals surface area contributed by atoms with E-state index >= 15 is 0 Å². The van der Waals surface area contributed by atoms with Gasteiger partial charge in [-0.3, -0.25) is 4.99 Å². The number of guanidine groups is 1. The van der Waals surface area contributed by atoms with E-state index < -0.39 is 14.6 Å². The molecule has 0 aromatic heterocycles. The minimum atomic E-state index is -3.03. The molecule has 0 spiro atoms. The van der Waals surface area contributed by atoms with Crippen molar-refractivity contribution in [3.63, 3.8) is 0 Å². The molecular formula is C18H28IN3O2S. The van der Waals surface area contributed by atoms with Gasteiger partial charge in [0.2, 0.25) is 0 Å². The number of aliphatic imine (C=N–C) groups is 1. The Morgan fingerprint density at radius 1 is 1.36 bits per heavy atom. The molecular weight excluding hydrogens is 449 g/mol. The van der Waals surface area contributed by atoms with E-state index in [1.54, 1.807) is 13.8 Å². The monoisotopic (exact) mass is 477 g/mol. The van der Waals surface area contributed by atoms with Crippen molar-refractivity contribution in [3.05, 3.63) is 35.4 Å². The Bertz CT molecular complexity index is 746. The molecule has 0 bridgehead atoms. The number of benzene rings is 1. The Morgan fingerprint density at radius 3 is 2.72 bits per heavy atom. The van der Waals surface area contributed by atoms with Crippen molar-refractivity contribution >= 4 is 39.8 Å². The third-order valence-electron chi connectivity index (χ3n) is 5.10. The average Bonchev–Trinajstić information content (AvgIpc) is 2.50. The smallest absolute Gasteiger partial charge is 0.194 e. The van der Waals surface area contributed by atoms with Crippen molar-refractivity contribution in [2.75, 3.05) is 31.9 Å². The highest BCUT2D eigenvalue weighted by Crippen LogP contribution is 2.35. The fourth-order valence-corrected chi connectivity index (χ4v) is 4.84. The Labute approximate surface area is 168 Å². The highest BCUT2D eigenvalue weighted by molar-refractivity contribution is 14.0. The average molecular weight is 477 g/mol. The number of nitrogens with one attached hydrogen (secondary N) is 1. The largest absolute Gasteiger partial charge is 0.357 e. The molecule has 0 amide bonds. The Balaban J connectivity index is 0.00000225. The summed E-state index contributed by atoms with van der Waals surface area (Å²) >= 11 is 0. The SMILES string of the molecule is CCNC(=NCC1Cc2ccccc21)N1CCS(=O)(=O)C(C)(C)C1.I. The normalized spacial score (nSPS) is 23.9. The molecule has 1 saturated heterocycles. The molecule has 1 fully saturated rings. The molecule has 5 nitrogen and oxygen atoms in total. The van der Waals surface area contributed by atoms with Gasteiger partial charge < -0.3 is 10.2 Å². The van der Waals surface area contributed by atoms with Gasteiger partial charge in [-0.25, -0.2) is 8.42 Å². The minimum absolute atomic E-state index is 0. The van der Waals surface area contributed by atoms with Gasteiger partial charge >= 0.3 is 0 Å². The third-order valence-corrected chi connectivity index (χ3v) is 7.63. The van der Waals surface area contributed by atoms with E-state index in [1.165, 1.54) is 11.1 Å². The molecule has 1 aliphatic carbocycles. The number of hydrogen-bond donors (Lipinski definition) is 1. The van der Waals surface area contributed by atoms with Crippen LogP contribution in [-0.2, 0) is 16.3 Å². The third kappa shape index (κ3) is 4.13. The molecule has 1 aliphatic heterocycles. The summed E-state index contributed by atoms with van der Waals surface area (Å²) in [5.74, 6) is 1.51. The number of fused-ring (bicyclic) bond motifs is 1. The van der Waals surface area contributed by atoms with Gasteiger partial charge in [0, 0.05) is 32.1 Å². The Kier molecular flexibility index (Phi) is 6.40. The second kappa shape index (κ2) is 7.82. The van der Waals surface area contributed by atoms with E-state index in [1.807, 2.05) is 6.92 Å². The van der Waals surface area contributed by atoms with Crippen molar-refractivity contribution in [2.24, 2.45) is 4.99 Å². The number of hydrogen-bond acceptors (Lipinski definition) is 3. The number of nitrogens with zero attached hydrogens (tertiary/aromatic N) is 2. The number of sulfone groups is 1. The Morgan fingerprint density at radius 2 is 2.08 bits per heavy atom. The van der Waals surface area contributed by atoms with E-state index in [-0.39, 0.29) is 29.7 Å². The molecule has 1 aromatic rings. The van der Waals surface area contributed by atoms with E-state index in [4.69, 9.17) is 4.99 Å². The van der Waals surface area contributed by atoms with Crippen LogP contribution in [0.1, 0.15) is 37.8 Å². The second-order valence-corrected chi connectivity index (χ2v) is 10.0. The lowest BCUT2D eigenvalue weighted by atomic mass is 9.78. The molecule has 3 rings (SSSR count). The van der Waals surface area contributed by atoms with Crippen LogP contribution in [0.4, 0.5) is 0 Å². The number of halogens is 1. The van der Waals surface area contributed by atoms with E-state index in [0.717, 1.165) is 25.5 Å². The van der Waals surface area contributed by atoms with Crippen molar-refractivity contribution in [1.82, 2.24) is 10.2 Å². The first-order valence-electron chi connectivity index (χ1n) is 8.67. The summed E-state index contributed by atoms with van der Waals surface area (Å²) in [5, 5.41) is 3.33. The molecule has 1 atom stereocenters. The van der Waals surface area contributed by atoms with Crippen LogP contribution in [0.5, 0.6) is 0 Å². The number of rotatable bonds is 3. The molecule has 140 valence electrons. The van der Waals surface area contributed by atoms with Crippen molar-refractivity contribution in [3.8, 4) is 0 Å². The summed E-state index contributed by atoms with van der Waals surface area (Å²) in [6.45, 7) is 8.19. The van der Waals surface area contributed by atoms with E-state index in [2.05, 4.69) is 34.5 Å². The maximum Gasteiger partial charge on any atom is 0.194 e. The first-order valence-corrected chi connectivity index (χ1v) is 10.3. The molecule has 7 heteroatoms. The lowest BCUT2D eigenvalue weighted by Crippen LogP contribution is -2.57. The zero-order valence-corrected chi connectivity index (χ0v) is 18.3. The zero-order valence-electron chi connectivity index (χ0n) is 15.2. The molecule has 0 radical (unpaired) electrons. The summed E-state index contributed by atoms with van der Waals surface area (Å²) in [7, 11) is -3.03. The van der Waals surface area contributed by atoms with E-state index in [0.29, 0.717) is 19.0 Å². The van der Waals surface area contributed by atoms with Gasteiger partial charge in [-0.1, -0.05) is 24.3 Å². The van der Waals surface area contributed by atoms with Gasteiger partial charge in [-0.15, -0.1) is 24.0 Å². The van der Waals surface area contributed by atoms with Crippen LogP contribution in [0.25, 0.3) is 0 Å². The predicted octanol–water partition coefficient (Wildman–Crippen LogP) is 2.42. The van der Waals surface area contributed by atoms with Crippen LogP contribution in [0.3, 0.4) is 0 Å². The van der Waals surface area contributed by atoms with Crippen LogP contribution in [0.2, 0.25) is 0 Å². The molecule has 1 heterocycles. The van der Waals surface area contributed by atoms with Crippen LogP contribution >= 0.6 is 24.0 Å². The maximum atomic E-state index is 12.2. The van der Waals surface area contributed by atoms with Gasteiger partial charge in [0.05, 0.1) is 10.5 Å². The summed E-state index contributed by atoms with van der Waals surface area (Å²) in [4.78, 5) is 6.90. The molecule has 2 aliphatic rings. The fourth-order valence-electron chi connectivity index (χ4n) is 3.47. The summed E-state index contributed by atoms with van der Waals surface area (Å²) in [5.41, 5.74) is 2.83. The lowest BCUT2D eigenvalue weighted by molar-refractivity contribution is 0.352. The second-order valence-electron chi connectivity index (χ2n) is 7.29. The first-order chi connectivity index (χ1) is 11.3. The minimum Gasteiger partial charge on any atom is -0.357 e. The van der Waals surface area contributed by atoms with Gasteiger partial charge in [0.25, 0.3) is 0 Å².